The van der Waals surface area contributed by atoms with Crippen molar-refractivity contribution >= 4 is 5.97 Å². The molecule has 1 unspecified atom stereocenters. The van der Waals surface area contributed by atoms with Crippen LogP contribution in [0.4, 0.5) is 0 Å². The third-order valence-corrected chi connectivity index (χ3v) is 3.94. The maximum absolute atomic E-state index is 11.8. The van der Waals surface area contributed by atoms with E-state index < -0.39 is 0 Å². The van der Waals surface area contributed by atoms with Crippen LogP contribution in [0, 0.1) is 5.92 Å². The highest BCUT2D eigenvalue weighted by Crippen LogP contribution is 2.13. The lowest BCUT2D eigenvalue weighted by molar-refractivity contribution is -0.148. The van der Waals surface area contributed by atoms with Gasteiger partial charge < -0.3 is 9.84 Å². The van der Waals surface area contributed by atoms with E-state index in [1.807, 2.05) is 6.92 Å². The molecule has 0 aromatic rings. The fourth-order valence-corrected chi connectivity index (χ4v) is 2.41. The Bertz CT molecular complexity index is 229. The number of carbonyl (C=O) groups excluding carboxylic acids is 1. The average Bonchev–Trinajstić information content (AvgIpc) is 2.49. The molecule has 0 aromatic carbocycles. The summed E-state index contributed by atoms with van der Waals surface area (Å²) in [6, 6.07) is 0. The Hall–Kier alpha value is -0.570. The lowest BCUT2D eigenvalue weighted by Crippen LogP contribution is -2.15. The summed E-state index contributed by atoms with van der Waals surface area (Å²) in [5.41, 5.74) is 0. The van der Waals surface area contributed by atoms with Crippen molar-refractivity contribution in [2.24, 2.45) is 5.92 Å². The zero-order valence-electron chi connectivity index (χ0n) is 14.2. The number of aliphatic hydroxyl groups excluding tert-OH is 1. The van der Waals surface area contributed by atoms with Gasteiger partial charge in [0.2, 0.25) is 0 Å². The van der Waals surface area contributed by atoms with Crippen molar-refractivity contribution in [2.75, 3.05) is 13.2 Å². The summed E-state index contributed by atoms with van der Waals surface area (Å²) in [5.74, 6) is -0.0215. The van der Waals surface area contributed by atoms with Crippen LogP contribution >= 0.6 is 0 Å². The van der Waals surface area contributed by atoms with Crippen molar-refractivity contribution in [3.8, 4) is 0 Å². The largest absolute Gasteiger partial charge is 0.465 e. The van der Waals surface area contributed by atoms with Gasteiger partial charge in [0.1, 0.15) is 0 Å². The maximum Gasteiger partial charge on any atom is 0.308 e. The summed E-state index contributed by atoms with van der Waals surface area (Å²) in [7, 11) is 0. The SMILES string of the molecule is CCCCCCCCCOC(=O)C(C)CCCCCCO. The van der Waals surface area contributed by atoms with Gasteiger partial charge in [0, 0.05) is 6.61 Å². The van der Waals surface area contributed by atoms with Crippen LogP contribution in [-0.2, 0) is 9.53 Å². The van der Waals surface area contributed by atoms with Gasteiger partial charge in [-0.3, -0.25) is 4.79 Å². The Kier molecular flexibility index (Phi) is 15.4. The quantitative estimate of drug-likeness (QED) is 0.347. The predicted octanol–water partition coefficient (Wildman–Crippen LogP) is 4.86. The Morgan fingerprint density at radius 2 is 1.48 bits per heavy atom. The molecule has 0 amide bonds. The molecule has 0 fully saturated rings. The Morgan fingerprint density at radius 3 is 2.14 bits per heavy atom. The van der Waals surface area contributed by atoms with Crippen molar-refractivity contribution in [1.82, 2.24) is 0 Å². The first-order valence-corrected chi connectivity index (χ1v) is 8.99. The lowest BCUT2D eigenvalue weighted by atomic mass is 10.0. The topological polar surface area (TPSA) is 46.5 Å². The van der Waals surface area contributed by atoms with Crippen LogP contribution < -0.4 is 0 Å². The summed E-state index contributed by atoms with van der Waals surface area (Å²) < 4.78 is 5.33. The van der Waals surface area contributed by atoms with E-state index in [4.69, 9.17) is 9.84 Å². The smallest absolute Gasteiger partial charge is 0.308 e. The van der Waals surface area contributed by atoms with Crippen molar-refractivity contribution in [2.45, 2.75) is 90.9 Å². The molecule has 1 atom stereocenters. The first-order valence-electron chi connectivity index (χ1n) is 8.99. The third kappa shape index (κ3) is 14.1. The molecule has 0 rings (SSSR count). The van der Waals surface area contributed by atoms with Crippen LogP contribution in [0.2, 0.25) is 0 Å². The molecule has 0 radical (unpaired) electrons. The zero-order valence-corrected chi connectivity index (χ0v) is 14.2. The van der Waals surface area contributed by atoms with Crippen molar-refractivity contribution < 1.29 is 14.6 Å². The summed E-state index contributed by atoms with van der Waals surface area (Å²) >= 11 is 0. The number of rotatable bonds is 15. The van der Waals surface area contributed by atoms with E-state index in [1.165, 1.54) is 38.5 Å². The van der Waals surface area contributed by atoms with Crippen LogP contribution in [0.1, 0.15) is 90.9 Å². The number of aliphatic hydroxyl groups is 1. The molecule has 3 heteroatoms. The molecule has 0 aliphatic rings. The van der Waals surface area contributed by atoms with E-state index in [1.54, 1.807) is 0 Å². The first-order chi connectivity index (χ1) is 10.2. The number of esters is 1. The molecule has 3 nitrogen and oxygen atoms in total. The van der Waals surface area contributed by atoms with Crippen molar-refractivity contribution in [1.29, 1.82) is 0 Å². The minimum atomic E-state index is -0.0388. The second kappa shape index (κ2) is 15.8. The first kappa shape index (κ1) is 20.4. The van der Waals surface area contributed by atoms with Crippen LogP contribution in [-0.4, -0.2) is 24.3 Å². The molecule has 0 bridgehead atoms. The number of ether oxygens (including phenoxy) is 1. The Morgan fingerprint density at radius 1 is 0.905 bits per heavy atom. The highest BCUT2D eigenvalue weighted by Gasteiger charge is 2.13. The molecular weight excluding hydrogens is 264 g/mol. The number of unbranched alkanes of at least 4 members (excludes halogenated alkanes) is 9. The second-order valence-electron chi connectivity index (χ2n) is 6.12. The molecule has 0 heterocycles. The van der Waals surface area contributed by atoms with Crippen molar-refractivity contribution in [3.63, 3.8) is 0 Å². The summed E-state index contributed by atoms with van der Waals surface area (Å²) in [6.45, 7) is 5.05. The predicted molar refractivity (Wildman–Crippen MR) is 88.3 cm³/mol. The second-order valence-corrected chi connectivity index (χ2v) is 6.12. The minimum absolute atomic E-state index is 0.0173. The fourth-order valence-electron chi connectivity index (χ4n) is 2.41. The molecule has 21 heavy (non-hydrogen) atoms. The third-order valence-electron chi connectivity index (χ3n) is 3.94. The van der Waals surface area contributed by atoms with E-state index in [0.717, 1.165) is 38.5 Å². The average molecular weight is 300 g/mol. The minimum Gasteiger partial charge on any atom is -0.465 e. The van der Waals surface area contributed by atoms with E-state index in [-0.39, 0.29) is 18.5 Å². The van der Waals surface area contributed by atoms with Gasteiger partial charge in [-0.05, 0) is 19.3 Å². The fraction of sp³-hybridized carbons (Fsp3) is 0.944. The maximum atomic E-state index is 11.8. The molecule has 1 N–H and O–H groups in total. The molecule has 126 valence electrons. The van der Waals surface area contributed by atoms with E-state index in [9.17, 15) is 4.79 Å². The van der Waals surface area contributed by atoms with Gasteiger partial charge in [-0.2, -0.15) is 0 Å². The molecule has 0 spiro atoms. The Balaban J connectivity index is 3.35. The van der Waals surface area contributed by atoms with E-state index >= 15 is 0 Å². The van der Waals surface area contributed by atoms with E-state index in [2.05, 4.69) is 6.92 Å². The van der Waals surface area contributed by atoms with Gasteiger partial charge in [0.05, 0.1) is 12.5 Å². The molecular formula is C18H36O3. The molecule has 0 aromatic heterocycles. The number of hydrogen-bond acceptors (Lipinski definition) is 3. The summed E-state index contributed by atoms with van der Waals surface area (Å²) in [6.07, 6.45) is 13.7. The van der Waals surface area contributed by atoms with Crippen LogP contribution in [0.5, 0.6) is 0 Å². The highest BCUT2D eigenvalue weighted by atomic mass is 16.5. The number of hydrogen-bond donors (Lipinski definition) is 1. The molecule has 0 saturated carbocycles. The van der Waals surface area contributed by atoms with Gasteiger partial charge in [-0.15, -0.1) is 0 Å². The van der Waals surface area contributed by atoms with Crippen LogP contribution in [0.15, 0.2) is 0 Å². The van der Waals surface area contributed by atoms with Crippen LogP contribution in [0.3, 0.4) is 0 Å². The molecule has 0 aliphatic heterocycles. The van der Waals surface area contributed by atoms with Crippen molar-refractivity contribution in [3.05, 3.63) is 0 Å². The van der Waals surface area contributed by atoms with Gasteiger partial charge in [-0.25, -0.2) is 0 Å². The normalized spacial score (nSPS) is 12.3. The zero-order chi connectivity index (χ0) is 15.8. The summed E-state index contributed by atoms with van der Waals surface area (Å²) in [4.78, 5) is 11.8. The monoisotopic (exact) mass is 300 g/mol. The molecule has 0 saturated heterocycles. The molecule has 0 aliphatic carbocycles. The highest BCUT2D eigenvalue weighted by molar-refractivity contribution is 5.71. The Labute approximate surface area is 131 Å². The van der Waals surface area contributed by atoms with Crippen LogP contribution in [0.25, 0.3) is 0 Å². The standard InChI is InChI=1S/C18H36O3/c1-3-4-5-6-7-10-13-16-21-18(20)17(2)14-11-8-9-12-15-19/h17,19H,3-16H2,1-2H3. The van der Waals surface area contributed by atoms with Gasteiger partial charge in [0.15, 0.2) is 0 Å². The lowest BCUT2D eigenvalue weighted by Gasteiger charge is -2.11. The van der Waals surface area contributed by atoms with Gasteiger partial charge in [0.25, 0.3) is 0 Å². The summed E-state index contributed by atoms with van der Waals surface area (Å²) in [5, 5.41) is 8.69. The van der Waals surface area contributed by atoms with Gasteiger partial charge in [-0.1, -0.05) is 71.6 Å². The number of carbonyl (C=O) groups is 1. The van der Waals surface area contributed by atoms with E-state index in [0.29, 0.717) is 6.61 Å². The van der Waals surface area contributed by atoms with Gasteiger partial charge >= 0.3 is 5.97 Å².